The summed E-state index contributed by atoms with van der Waals surface area (Å²) >= 11 is 0. The van der Waals surface area contributed by atoms with Gasteiger partial charge in [-0.1, -0.05) is 0 Å². The zero-order valence-electron chi connectivity index (χ0n) is 8.73. The Bertz CT molecular complexity index is 211. The van der Waals surface area contributed by atoms with Gasteiger partial charge in [0.25, 0.3) is 0 Å². The van der Waals surface area contributed by atoms with Gasteiger partial charge >= 0.3 is 12.1 Å². The number of carbonyl (C=O) groups excluding carboxylic acids is 1. The molecule has 0 aliphatic rings. The molecular weight excluding hydrogens is 213 g/mol. The van der Waals surface area contributed by atoms with Crippen molar-refractivity contribution in [3.63, 3.8) is 0 Å². The van der Waals surface area contributed by atoms with Gasteiger partial charge in [0.2, 0.25) is 0 Å². The Morgan fingerprint density at radius 3 is 2.27 bits per heavy atom. The molecule has 0 amide bonds. The molecule has 0 aliphatic heterocycles. The maximum atomic E-state index is 11.8. The van der Waals surface area contributed by atoms with Crippen molar-refractivity contribution < 1.29 is 27.8 Å². The van der Waals surface area contributed by atoms with Crippen molar-refractivity contribution in [2.45, 2.75) is 44.9 Å². The third-order valence-electron chi connectivity index (χ3n) is 1.84. The van der Waals surface area contributed by atoms with Crippen LogP contribution in [0.15, 0.2) is 0 Å². The van der Waals surface area contributed by atoms with Crippen LogP contribution in [-0.4, -0.2) is 29.5 Å². The summed E-state index contributed by atoms with van der Waals surface area (Å²) < 4.78 is 39.9. The van der Waals surface area contributed by atoms with E-state index in [0.29, 0.717) is 0 Å². The number of rotatable bonds is 5. The summed E-state index contributed by atoms with van der Waals surface area (Å²) in [5.74, 6) is -0.882. The van der Waals surface area contributed by atoms with Gasteiger partial charge in [-0.2, -0.15) is 13.2 Å². The Kier molecular flexibility index (Phi) is 5.07. The predicted octanol–water partition coefficient (Wildman–Crippen LogP) is 2.03. The molecule has 0 spiro atoms. The van der Waals surface area contributed by atoms with Gasteiger partial charge < -0.3 is 9.84 Å². The predicted molar refractivity (Wildman–Crippen MR) is 47.2 cm³/mol. The highest BCUT2D eigenvalue weighted by Crippen LogP contribution is 2.25. The quantitative estimate of drug-likeness (QED) is 0.732. The van der Waals surface area contributed by atoms with Gasteiger partial charge in [0.05, 0.1) is 6.61 Å². The Balaban J connectivity index is 3.99. The molecular formula is C9H15F3O3. The SMILES string of the molecule is CCOC(=O)C(C)(O)CCCC(F)(F)F. The van der Waals surface area contributed by atoms with Crippen LogP contribution in [0.4, 0.5) is 13.2 Å². The molecule has 0 saturated carbocycles. The molecule has 1 unspecified atom stereocenters. The van der Waals surface area contributed by atoms with Crippen LogP contribution in [0.1, 0.15) is 33.1 Å². The molecule has 90 valence electrons. The normalized spacial score (nSPS) is 15.9. The van der Waals surface area contributed by atoms with Gasteiger partial charge in [-0.05, 0) is 26.7 Å². The van der Waals surface area contributed by atoms with E-state index in [1.165, 1.54) is 0 Å². The maximum absolute atomic E-state index is 11.8. The lowest BCUT2D eigenvalue weighted by molar-refractivity contribution is -0.166. The highest BCUT2D eigenvalue weighted by molar-refractivity contribution is 5.78. The molecule has 6 heteroatoms. The second kappa shape index (κ2) is 5.34. The van der Waals surface area contributed by atoms with Crippen molar-refractivity contribution in [2.75, 3.05) is 6.61 Å². The summed E-state index contributed by atoms with van der Waals surface area (Å²) in [6.45, 7) is 2.80. The number of halogens is 3. The summed E-state index contributed by atoms with van der Waals surface area (Å²) in [5.41, 5.74) is -1.83. The maximum Gasteiger partial charge on any atom is 0.389 e. The summed E-state index contributed by atoms with van der Waals surface area (Å²) in [4.78, 5) is 11.1. The minimum Gasteiger partial charge on any atom is -0.464 e. The molecule has 0 bridgehead atoms. The van der Waals surface area contributed by atoms with E-state index in [2.05, 4.69) is 4.74 Å². The third kappa shape index (κ3) is 6.33. The number of carbonyl (C=O) groups is 1. The van der Waals surface area contributed by atoms with E-state index >= 15 is 0 Å². The summed E-state index contributed by atoms with van der Waals surface area (Å²) in [5, 5.41) is 9.47. The van der Waals surface area contributed by atoms with Crippen LogP contribution in [0.25, 0.3) is 0 Å². The monoisotopic (exact) mass is 228 g/mol. The average molecular weight is 228 g/mol. The molecule has 0 rings (SSSR count). The number of alkyl halides is 3. The number of ether oxygens (including phenoxy) is 1. The van der Waals surface area contributed by atoms with E-state index in [-0.39, 0.29) is 19.4 Å². The number of esters is 1. The lowest BCUT2D eigenvalue weighted by Gasteiger charge is -2.20. The zero-order valence-corrected chi connectivity index (χ0v) is 8.73. The number of hydrogen-bond acceptors (Lipinski definition) is 3. The molecule has 3 nitrogen and oxygen atoms in total. The summed E-state index contributed by atoms with van der Waals surface area (Å²) in [6, 6.07) is 0. The molecule has 0 saturated heterocycles. The van der Waals surface area contributed by atoms with E-state index in [4.69, 9.17) is 0 Å². The van der Waals surface area contributed by atoms with Crippen LogP contribution in [-0.2, 0) is 9.53 Å². The second-order valence-electron chi connectivity index (χ2n) is 3.46. The van der Waals surface area contributed by atoms with Gasteiger partial charge in [0.15, 0.2) is 5.60 Å². The first-order valence-electron chi connectivity index (χ1n) is 4.65. The van der Waals surface area contributed by atoms with Crippen molar-refractivity contribution in [2.24, 2.45) is 0 Å². The summed E-state index contributed by atoms with van der Waals surface area (Å²) in [7, 11) is 0. The first-order valence-corrected chi connectivity index (χ1v) is 4.65. The van der Waals surface area contributed by atoms with Crippen molar-refractivity contribution in [1.29, 1.82) is 0 Å². The molecule has 0 aromatic heterocycles. The molecule has 15 heavy (non-hydrogen) atoms. The van der Waals surface area contributed by atoms with Crippen molar-refractivity contribution in [3.05, 3.63) is 0 Å². The van der Waals surface area contributed by atoms with Gasteiger partial charge in [0, 0.05) is 6.42 Å². The van der Waals surface area contributed by atoms with Gasteiger partial charge in [-0.25, -0.2) is 4.79 Å². The zero-order chi connectivity index (χ0) is 12.1. The third-order valence-corrected chi connectivity index (χ3v) is 1.84. The van der Waals surface area contributed by atoms with Crippen molar-refractivity contribution in [1.82, 2.24) is 0 Å². The largest absolute Gasteiger partial charge is 0.464 e. The number of aliphatic hydroxyl groups is 1. The molecule has 0 heterocycles. The molecule has 0 radical (unpaired) electrons. The van der Waals surface area contributed by atoms with Crippen LogP contribution in [0.5, 0.6) is 0 Å². The fourth-order valence-corrected chi connectivity index (χ4v) is 1.02. The van der Waals surface area contributed by atoms with E-state index in [0.717, 1.165) is 6.92 Å². The standard InChI is InChI=1S/C9H15F3O3/c1-3-15-7(13)8(2,14)5-4-6-9(10,11)12/h14H,3-6H2,1-2H3. The smallest absolute Gasteiger partial charge is 0.389 e. The highest BCUT2D eigenvalue weighted by Gasteiger charge is 2.34. The minimum absolute atomic E-state index is 0.0915. The number of hydrogen-bond donors (Lipinski definition) is 1. The molecule has 1 atom stereocenters. The topological polar surface area (TPSA) is 46.5 Å². The van der Waals surface area contributed by atoms with E-state index < -0.39 is 24.2 Å². The fraction of sp³-hybridized carbons (Fsp3) is 0.889. The second-order valence-corrected chi connectivity index (χ2v) is 3.46. The first-order chi connectivity index (χ1) is 6.69. The van der Waals surface area contributed by atoms with Crippen LogP contribution in [0.2, 0.25) is 0 Å². The first kappa shape index (κ1) is 14.2. The lowest BCUT2D eigenvalue weighted by atomic mass is 9.99. The van der Waals surface area contributed by atoms with Crippen LogP contribution in [0.3, 0.4) is 0 Å². The average Bonchev–Trinajstić information content (AvgIpc) is 2.01. The molecule has 0 aliphatic carbocycles. The lowest BCUT2D eigenvalue weighted by Crippen LogP contribution is -2.37. The van der Waals surface area contributed by atoms with Gasteiger partial charge in [0.1, 0.15) is 0 Å². The van der Waals surface area contributed by atoms with E-state index in [1.807, 2.05) is 0 Å². The van der Waals surface area contributed by atoms with Crippen molar-refractivity contribution >= 4 is 5.97 Å². The Labute approximate surface area is 86.2 Å². The molecule has 0 fully saturated rings. The highest BCUT2D eigenvalue weighted by atomic mass is 19.4. The molecule has 1 N–H and O–H groups in total. The van der Waals surface area contributed by atoms with Crippen LogP contribution in [0, 0.1) is 0 Å². The Morgan fingerprint density at radius 2 is 1.87 bits per heavy atom. The van der Waals surface area contributed by atoms with Gasteiger partial charge in [-0.3, -0.25) is 0 Å². The molecule has 0 aromatic rings. The minimum atomic E-state index is -4.26. The van der Waals surface area contributed by atoms with E-state index in [1.54, 1.807) is 6.92 Å². The van der Waals surface area contributed by atoms with Crippen LogP contribution >= 0.6 is 0 Å². The fourth-order valence-electron chi connectivity index (χ4n) is 1.02. The van der Waals surface area contributed by atoms with Crippen molar-refractivity contribution in [3.8, 4) is 0 Å². The summed E-state index contributed by atoms with van der Waals surface area (Å²) in [6.07, 6.45) is -5.83. The molecule has 0 aromatic carbocycles. The Morgan fingerprint density at radius 1 is 1.33 bits per heavy atom. The van der Waals surface area contributed by atoms with E-state index in [9.17, 15) is 23.1 Å². The van der Waals surface area contributed by atoms with Crippen LogP contribution < -0.4 is 0 Å². The Hall–Kier alpha value is -0.780. The van der Waals surface area contributed by atoms with Gasteiger partial charge in [-0.15, -0.1) is 0 Å².